The number of hydrogen-bond acceptors (Lipinski definition) is 3. The highest BCUT2D eigenvalue weighted by Gasteiger charge is 2.12. The molecule has 0 amide bonds. The molecule has 0 atom stereocenters. The van der Waals surface area contributed by atoms with Crippen LogP contribution in [0.4, 0.5) is 10.2 Å². The molecule has 0 unspecified atom stereocenters. The second-order valence-electron chi connectivity index (χ2n) is 3.36. The highest BCUT2D eigenvalue weighted by molar-refractivity contribution is 9.10. The van der Waals surface area contributed by atoms with E-state index in [9.17, 15) is 9.50 Å². The van der Waals surface area contributed by atoms with Gasteiger partial charge in [0, 0.05) is 24.7 Å². The first-order valence-corrected chi connectivity index (χ1v) is 5.26. The van der Waals surface area contributed by atoms with Gasteiger partial charge in [-0.2, -0.15) is 5.10 Å². The van der Waals surface area contributed by atoms with Crippen LogP contribution in [-0.2, 0) is 7.05 Å². The Kier molecular flexibility index (Phi) is 2.59. The Labute approximate surface area is 99.6 Å². The molecule has 16 heavy (non-hydrogen) atoms. The molecule has 0 aliphatic heterocycles. The van der Waals surface area contributed by atoms with E-state index in [0.29, 0.717) is 17.1 Å². The Morgan fingerprint density at radius 2 is 2.12 bits per heavy atom. The second-order valence-corrected chi connectivity index (χ2v) is 4.22. The summed E-state index contributed by atoms with van der Waals surface area (Å²) in [5, 5.41) is 13.7. The number of phenols is 1. The molecule has 0 bridgehead atoms. The predicted molar refractivity (Wildman–Crippen MR) is 62.4 cm³/mol. The number of aromatic nitrogens is 2. The Hall–Kier alpha value is -1.56. The van der Waals surface area contributed by atoms with E-state index < -0.39 is 5.82 Å². The number of aryl methyl sites for hydroxylation is 1. The summed E-state index contributed by atoms with van der Waals surface area (Å²) >= 11 is 3.05. The van der Waals surface area contributed by atoms with Crippen molar-refractivity contribution in [1.29, 1.82) is 0 Å². The Bertz CT molecular complexity index is 534. The minimum Gasteiger partial charge on any atom is -0.507 e. The molecule has 0 saturated heterocycles. The van der Waals surface area contributed by atoms with E-state index in [-0.39, 0.29) is 10.2 Å². The summed E-state index contributed by atoms with van der Waals surface area (Å²) in [5.74, 6) is -0.223. The predicted octanol–water partition coefficient (Wildman–Crippen LogP) is 2.28. The zero-order valence-electron chi connectivity index (χ0n) is 8.41. The lowest BCUT2D eigenvalue weighted by Crippen LogP contribution is -1.96. The Morgan fingerprint density at radius 3 is 2.69 bits per heavy atom. The van der Waals surface area contributed by atoms with Crippen LogP contribution in [0.5, 0.6) is 5.75 Å². The number of nitrogens with zero attached hydrogens (tertiary/aromatic N) is 2. The number of phenolic OH excluding ortho intramolecular Hbond substituents is 1. The van der Waals surface area contributed by atoms with Crippen LogP contribution in [0.1, 0.15) is 0 Å². The SMILES string of the molecule is Cn1nc(-c2cc(Br)c(F)cc2O)cc1N. The van der Waals surface area contributed by atoms with E-state index in [0.717, 1.165) is 6.07 Å². The van der Waals surface area contributed by atoms with Gasteiger partial charge in [0.2, 0.25) is 0 Å². The summed E-state index contributed by atoms with van der Waals surface area (Å²) in [4.78, 5) is 0. The van der Waals surface area contributed by atoms with Crippen molar-refractivity contribution in [3.63, 3.8) is 0 Å². The van der Waals surface area contributed by atoms with Crippen LogP contribution in [-0.4, -0.2) is 14.9 Å². The molecule has 0 saturated carbocycles. The molecule has 2 rings (SSSR count). The van der Waals surface area contributed by atoms with Crippen molar-refractivity contribution in [3.05, 3.63) is 28.5 Å². The van der Waals surface area contributed by atoms with E-state index in [4.69, 9.17) is 5.73 Å². The molecule has 1 heterocycles. The average Bonchev–Trinajstić information content (AvgIpc) is 2.53. The van der Waals surface area contributed by atoms with Crippen LogP contribution in [0.25, 0.3) is 11.3 Å². The summed E-state index contributed by atoms with van der Waals surface area (Å²) in [7, 11) is 1.69. The number of rotatable bonds is 1. The van der Waals surface area contributed by atoms with E-state index >= 15 is 0 Å². The Morgan fingerprint density at radius 1 is 1.44 bits per heavy atom. The fourth-order valence-corrected chi connectivity index (χ4v) is 1.70. The first kappa shape index (κ1) is 10.9. The minimum absolute atomic E-state index is 0.168. The van der Waals surface area contributed by atoms with Gasteiger partial charge in [-0.15, -0.1) is 0 Å². The molecule has 0 aliphatic carbocycles. The largest absolute Gasteiger partial charge is 0.507 e. The van der Waals surface area contributed by atoms with Gasteiger partial charge < -0.3 is 10.8 Å². The molecule has 1 aromatic carbocycles. The van der Waals surface area contributed by atoms with Gasteiger partial charge in [-0.25, -0.2) is 4.39 Å². The highest BCUT2D eigenvalue weighted by Crippen LogP contribution is 2.33. The van der Waals surface area contributed by atoms with Crippen LogP contribution in [0.3, 0.4) is 0 Å². The van der Waals surface area contributed by atoms with Crippen LogP contribution in [0.15, 0.2) is 22.7 Å². The number of nitrogens with two attached hydrogens (primary N) is 1. The standard InChI is InChI=1S/C10H9BrFN3O/c1-15-10(13)4-8(14-15)5-2-6(11)7(12)3-9(5)16/h2-4,16H,13H2,1H3. The fraction of sp³-hybridized carbons (Fsp3) is 0.100. The number of anilines is 1. The molecule has 0 aliphatic rings. The lowest BCUT2D eigenvalue weighted by atomic mass is 10.1. The minimum atomic E-state index is -0.523. The molecular formula is C10H9BrFN3O. The van der Waals surface area contributed by atoms with Crippen LogP contribution in [0.2, 0.25) is 0 Å². The highest BCUT2D eigenvalue weighted by atomic mass is 79.9. The first-order chi connectivity index (χ1) is 7.49. The van der Waals surface area contributed by atoms with Gasteiger partial charge in [-0.3, -0.25) is 4.68 Å². The number of aromatic hydroxyl groups is 1. The van der Waals surface area contributed by atoms with Gasteiger partial charge in [0.25, 0.3) is 0 Å². The maximum Gasteiger partial charge on any atom is 0.141 e. The number of halogens is 2. The fourth-order valence-electron chi connectivity index (χ4n) is 1.35. The maximum atomic E-state index is 13.1. The number of hydrogen-bond donors (Lipinski definition) is 2. The van der Waals surface area contributed by atoms with Crippen molar-refractivity contribution in [2.45, 2.75) is 0 Å². The second kappa shape index (κ2) is 3.79. The third-order valence-electron chi connectivity index (χ3n) is 2.23. The van der Waals surface area contributed by atoms with E-state index in [1.807, 2.05) is 0 Å². The van der Waals surface area contributed by atoms with Gasteiger partial charge in [0.05, 0.1) is 10.2 Å². The van der Waals surface area contributed by atoms with Crippen molar-refractivity contribution in [3.8, 4) is 17.0 Å². The van der Waals surface area contributed by atoms with Crippen molar-refractivity contribution >= 4 is 21.7 Å². The summed E-state index contributed by atoms with van der Waals surface area (Å²) < 4.78 is 14.8. The zero-order chi connectivity index (χ0) is 11.9. The summed E-state index contributed by atoms with van der Waals surface area (Å²) in [6, 6.07) is 4.11. The molecule has 0 spiro atoms. The van der Waals surface area contributed by atoms with Gasteiger partial charge >= 0.3 is 0 Å². The van der Waals surface area contributed by atoms with Crippen LogP contribution < -0.4 is 5.73 Å². The van der Waals surface area contributed by atoms with Crippen molar-refractivity contribution in [1.82, 2.24) is 9.78 Å². The monoisotopic (exact) mass is 285 g/mol. The van der Waals surface area contributed by atoms with Crippen LogP contribution >= 0.6 is 15.9 Å². The summed E-state index contributed by atoms with van der Waals surface area (Å²) in [6.45, 7) is 0. The molecular weight excluding hydrogens is 277 g/mol. The van der Waals surface area contributed by atoms with Crippen molar-refractivity contribution in [2.75, 3.05) is 5.73 Å². The van der Waals surface area contributed by atoms with E-state index in [1.165, 1.54) is 10.7 Å². The van der Waals surface area contributed by atoms with E-state index in [1.54, 1.807) is 13.1 Å². The molecule has 0 fully saturated rings. The molecule has 1 aromatic heterocycles. The molecule has 3 N–H and O–H groups in total. The molecule has 84 valence electrons. The van der Waals surface area contributed by atoms with Gasteiger partial charge in [-0.05, 0) is 22.0 Å². The third-order valence-corrected chi connectivity index (χ3v) is 2.84. The number of benzene rings is 1. The average molecular weight is 286 g/mol. The molecule has 2 aromatic rings. The normalized spacial score (nSPS) is 10.7. The van der Waals surface area contributed by atoms with Crippen LogP contribution in [0, 0.1) is 5.82 Å². The topological polar surface area (TPSA) is 64.1 Å². The lowest BCUT2D eigenvalue weighted by molar-refractivity contribution is 0.470. The first-order valence-electron chi connectivity index (χ1n) is 4.47. The van der Waals surface area contributed by atoms with E-state index in [2.05, 4.69) is 21.0 Å². The van der Waals surface area contributed by atoms with Crippen molar-refractivity contribution < 1.29 is 9.50 Å². The summed E-state index contributed by atoms with van der Waals surface area (Å²) in [5.41, 5.74) is 6.56. The van der Waals surface area contributed by atoms with Gasteiger partial charge in [0.15, 0.2) is 0 Å². The molecule has 6 heteroatoms. The quantitative estimate of drug-likeness (QED) is 0.845. The number of nitrogen functional groups attached to an aromatic ring is 1. The third kappa shape index (κ3) is 1.76. The molecule has 0 radical (unpaired) electrons. The van der Waals surface area contributed by atoms with Gasteiger partial charge in [-0.1, -0.05) is 0 Å². The summed E-state index contributed by atoms with van der Waals surface area (Å²) in [6.07, 6.45) is 0. The van der Waals surface area contributed by atoms with Gasteiger partial charge in [0.1, 0.15) is 17.4 Å². The zero-order valence-corrected chi connectivity index (χ0v) is 9.99. The molecule has 4 nitrogen and oxygen atoms in total. The maximum absolute atomic E-state index is 13.1. The van der Waals surface area contributed by atoms with Crippen molar-refractivity contribution in [2.24, 2.45) is 7.05 Å². The Balaban J connectivity index is 2.60. The lowest BCUT2D eigenvalue weighted by Gasteiger charge is -2.02. The smallest absolute Gasteiger partial charge is 0.141 e.